The zero-order valence-corrected chi connectivity index (χ0v) is 21.4. The summed E-state index contributed by atoms with van der Waals surface area (Å²) < 4.78 is 3.06. The first-order valence-corrected chi connectivity index (χ1v) is 12.8. The van der Waals surface area contributed by atoms with Gasteiger partial charge in [-0.25, -0.2) is 4.99 Å². The fourth-order valence-electron chi connectivity index (χ4n) is 5.03. The third-order valence-corrected chi connectivity index (χ3v) is 9.19. The number of amides is 2. The van der Waals surface area contributed by atoms with Crippen LogP contribution < -0.4 is 4.67 Å². The maximum absolute atomic E-state index is 13.6. The van der Waals surface area contributed by atoms with Crippen LogP contribution in [0.3, 0.4) is 0 Å². The molecule has 3 rings (SSSR count). The molecule has 0 spiro atoms. The van der Waals surface area contributed by atoms with E-state index < -0.39 is 10.8 Å². The fourth-order valence-corrected chi connectivity index (χ4v) is 6.06. The Labute approximate surface area is 192 Å². The Morgan fingerprint density at radius 2 is 1.84 bits per heavy atom. The molecule has 6 heteroatoms. The second-order valence-corrected chi connectivity index (χ2v) is 12.2. The molecule has 1 saturated carbocycles. The molecule has 0 aromatic carbocycles. The van der Waals surface area contributed by atoms with Gasteiger partial charge in [-0.2, -0.15) is 0 Å². The monoisotopic (exact) mass is 447 g/mol. The number of aromatic nitrogens is 1. The van der Waals surface area contributed by atoms with Gasteiger partial charge in [0.25, 0.3) is 5.91 Å². The van der Waals surface area contributed by atoms with E-state index in [1.165, 1.54) is 5.56 Å². The summed E-state index contributed by atoms with van der Waals surface area (Å²) in [7, 11) is 0. The molecular weight excluding hydrogens is 406 g/mol. The van der Waals surface area contributed by atoms with Crippen LogP contribution in [-0.4, -0.2) is 33.8 Å². The molecule has 2 aliphatic rings. The Morgan fingerprint density at radius 3 is 2.42 bits per heavy atom. The van der Waals surface area contributed by atoms with Crippen LogP contribution in [-0.2, 0) is 21.5 Å². The highest BCUT2D eigenvalue weighted by Gasteiger charge is 2.58. The molecule has 2 fully saturated rings. The van der Waals surface area contributed by atoms with E-state index in [-0.39, 0.29) is 23.3 Å². The smallest absolute Gasteiger partial charge is 0.253 e. The number of likely N-dealkylation sites (tertiary alicyclic amines) is 1. The summed E-state index contributed by atoms with van der Waals surface area (Å²) in [6.07, 6.45) is 9.01. The number of carbonyl (C=O) groups is 2. The molecule has 31 heavy (non-hydrogen) atoms. The number of hydrogen-bond acceptors (Lipinski definition) is 3. The second-order valence-electron chi connectivity index (χ2n) is 11.2. The van der Waals surface area contributed by atoms with Crippen molar-refractivity contribution >= 4 is 23.3 Å². The van der Waals surface area contributed by atoms with E-state index in [1.54, 1.807) is 11.5 Å². The largest absolute Gasteiger partial charge is 0.342 e. The van der Waals surface area contributed by atoms with E-state index in [1.807, 2.05) is 11.8 Å². The predicted octanol–water partition coefficient (Wildman–Crippen LogP) is 5.14. The molecule has 1 aliphatic heterocycles. The molecular formula is C25H41N3O2S. The molecule has 0 bridgehead atoms. The SMILES string of the molecule is CCCCc1cn(C(C)(C)C)sc1=NC(=O)C1(C)CCC(C(=O)N2CCCC2)C1(C)C. The van der Waals surface area contributed by atoms with Crippen molar-refractivity contribution in [1.29, 1.82) is 0 Å². The molecule has 0 N–H and O–H groups in total. The Kier molecular flexibility index (Phi) is 6.90. The van der Waals surface area contributed by atoms with E-state index in [0.717, 1.165) is 62.7 Å². The number of aryl methyl sites for hydroxylation is 1. The van der Waals surface area contributed by atoms with E-state index in [2.05, 4.69) is 51.7 Å². The quantitative estimate of drug-likeness (QED) is 0.627. The first-order valence-electron chi connectivity index (χ1n) is 12.0. The van der Waals surface area contributed by atoms with Crippen LogP contribution in [0.15, 0.2) is 11.2 Å². The van der Waals surface area contributed by atoms with Crippen molar-refractivity contribution < 1.29 is 9.59 Å². The molecule has 1 aromatic heterocycles. The van der Waals surface area contributed by atoms with Gasteiger partial charge < -0.3 is 4.90 Å². The van der Waals surface area contributed by atoms with Gasteiger partial charge in [-0.1, -0.05) is 34.1 Å². The molecule has 5 nitrogen and oxygen atoms in total. The average molecular weight is 448 g/mol. The van der Waals surface area contributed by atoms with Gasteiger partial charge in [0.2, 0.25) is 5.91 Å². The minimum atomic E-state index is -0.619. The summed E-state index contributed by atoms with van der Waals surface area (Å²) in [5.74, 6) is 0.0800. The fraction of sp³-hybridized carbons (Fsp3) is 0.800. The minimum absolute atomic E-state index is 0.0355. The van der Waals surface area contributed by atoms with Crippen molar-refractivity contribution in [2.75, 3.05) is 13.1 Å². The second kappa shape index (κ2) is 8.84. The van der Waals surface area contributed by atoms with Crippen LogP contribution in [0.4, 0.5) is 0 Å². The van der Waals surface area contributed by atoms with E-state index in [9.17, 15) is 9.59 Å². The molecule has 0 radical (unpaired) electrons. The number of unbranched alkanes of at least 4 members (excludes halogenated alkanes) is 1. The highest BCUT2D eigenvalue weighted by Crippen LogP contribution is 2.57. The van der Waals surface area contributed by atoms with Gasteiger partial charge in [0.05, 0.1) is 5.41 Å². The lowest BCUT2D eigenvalue weighted by atomic mass is 9.65. The summed E-state index contributed by atoms with van der Waals surface area (Å²) in [6.45, 7) is 16.7. The molecule has 2 unspecified atom stereocenters. The van der Waals surface area contributed by atoms with E-state index in [0.29, 0.717) is 0 Å². The Hall–Kier alpha value is -1.43. The molecule has 2 heterocycles. The Bertz CT molecular complexity index is 883. The standard InChI is InChI=1S/C25H41N3O2S/c1-8-9-12-18-17-28(23(2,3)4)31-20(18)26-22(30)25(7)14-13-19(24(25,5)6)21(29)27-15-10-11-16-27/h17,19H,8-16H2,1-7H3. The first kappa shape index (κ1) is 24.2. The highest BCUT2D eigenvalue weighted by molar-refractivity contribution is 7.04. The van der Waals surface area contributed by atoms with Crippen molar-refractivity contribution in [2.45, 2.75) is 99.0 Å². The van der Waals surface area contributed by atoms with Gasteiger partial charge in [0.15, 0.2) is 0 Å². The van der Waals surface area contributed by atoms with E-state index >= 15 is 0 Å². The van der Waals surface area contributed by atoms with Gasteiger partial charge in [-0.05, 0) is 76.2 Å². The summed E-state index contributed by atoms with van der Waals surface area (Å²) in [5, 5.41) is 0. The predicted molar refractivity (Wildman–Crippen MR) is 127 cm³/mol. The van der Waals surface area contributed by atoms with Crippen LogP contribution in [0.2, 0.25) is 0 Å². The van der Waals surface area contributed by atoms with Gasteiger partial charge in [-0.15, -0.1) is 0 Å². The number of carbonyl (C=O) groups excluding carboxylic acids is 2. The van der Waals surface area contributed by atoms with Crippen molar-refractivity contribution in [3.63, 3.8) is 0 Å². The van der Waals surface area contributed by atoms with Crippen molar-refractivity contribution in [1.82, 2.24) is 8.86 Å². The summed E-state index contributed by atoms with van der Waals surface area (Å²) in [4.78, 5) is 33.6. The van der Waals surface area contributed by atoms with Crippen LogP contribution in [0.1, 0.15) is 92.6 Å². The molecule has 2 amide bonds. The normalized spacial score (nSPS) is 26.6. The maximum Gasteiger partial charge on any atom is 0.253 e. The van der Waals surface area contributed by atoms with Crippen LogP contribution in [0.25, 0.3) is 0 Å². The summed E-state index contributed by atoms with van der Waals surface area (Å²) in [6, 6.07) is 0. The van der Waals surface area contributed by atoms with E-state index in [4.69, 9.17) is 4.99 Å². The third kappa shape index (κ3) is 4.55. The molecule has 2 atom stereocenters. The lowest BCUT2D eigenvalue weighted by Crippen LogP contribution is -2.46. The molecule has 1 saturated heterocycles. The highest BCUT2D eigenvalue weighted by atomic mass is 32.1. The zero-order chi connectivity index (χ0) is 23.0. The van der Waals surface area contributed by atoms with Crippen LogP contribution >= 0.6 is 11.5 Å². The number of nitrogens with zero attached hydrogens (tertiary/aromatic N) is 3. The molecule has 174 valence electrons. The topological polar surface area (TPSA) is 54.7 Å². The Balaban J connectivity index is 1.92. The lowest BCUT2D eigenvalue weighted by molar-refractivity contribution is -0.142. The van der Waals surface area contributed by atoms with Gasteiger partial charge in [-0.3, -0.25) is 13.5 Å². The third-order valence-electron chi connectivity index (χ3n) is 7.81. The maximum atomic E-state index is 13.6. The zero-order valence-electron chi connectivity index (χ0n) is 20.6. The van der Waals surface area contributed by atoms with Crippen molar-refractivity contribution in [3.05, 3.63) is 16.4 Å². The summed E-state index contributed by atoms with van der Waals surface area (Å²) >= 11 is 1.58. The van der Waals surface area contributed by atoms with Crippen molar-refractivity contribution in [2.24, 2.45) is 21.7 Å². The molecule has 1 aromatic rings. The average Bonchev–Trinajstić information content (AvgIpc) is 3.39. The minimum Gasteiger partial charge on any atom is -0.342 e. The number of hydrogen-bond donors (Lipinski definition) is 0. The van der Waals surface area contributed by atoms with Gasteiger partial charge in [0, 0.05) is 36.3 Å². The Morgan fingerprint density at radius 1 is 1.19 bits per heavy atom. The lowest BCUT2D eigenvalue weighted by Gasteiger charge is -2.39. The summed E-state index contributed by atoms with van der Waals surface area (Å²) in [5.41, 5.74) is 0.102. The number of rotatable bonds is 5. The first-order chi connectivity index (χ1) is 14.4. The molecule has 1 aliphatic carbocycles. The van der Waals surface area contributed by atoms with Gasteiger partial charge in [0.1, 0.15) is 4.67 Å². The van der Waals surface area contributed by atoms with Crippen molar-refractivity contribution in [3.8, 4) is 0 Å². The van der Waals surface area contributed by atoms with Crippen LogP contribution in [0, 0.1) is 16.7 Å². The van der Waals surface area contributed by atoms with Crippen LogP contribution in [0.5, 0.6) is 0 Å². The van der Waals surface area contributed by atoms with Gasteiger partial charge >= 0.3 is 0 Å².